The quantitative estimate of drug-likeness (QED) is 0.277. The van der Waals surface area contributed by atoms with Crippen molar-refractivity contribution in [2.75, 3.05) is 11.5 Å². The van der Waals surface area contributed by atoms with Crippen molar-refractivity contribution in [1.29, 1.82) is 0 Å². The third kappa shape index (κ3) is 10.0. The van der Waals surface area contributed by atoms with E-state index >= 15 is 0 Å². The van der Waals surface area contributed by atoms with E-state index in [0.29, 0.717) is 38.6 Å². The zero-order valence-electron chi connectivity index (χ0n) is 21.9. The molecule has 6 nitrogen and oxygen atoms in total. The molecular weight excluding hydrogens is 427 g/mol. The van der Waals surface area contributed by atoms with Gasteiger partial charge in [0.25, 0.3) is 0 Å². The molecule has 0 heterocycles. The molecular formula is C27H43BN2O4. The van der Waals surface area contributed by atoms with Gasteiger partial charge in [-0.25, -0.2) is 0 Å². The predicted molar refractivity (Wildman–Crippen MR) is 139 cm³/mol. The number of nitrogens with zero attached hydrogens (tertiary/aromatic N) is 1. The molecule has 2 radical (unpaired) electrons. The van der Waals surface area contributed by atoms with E-state index in [0.717, 1.165) is 18.5 Å². The van der Waals surface area contributed by atoms with Gasteiger partial charge in [-0.15, -0.1) is 0 Å². The van der Waals surface area contributed by atoms with Gasteiger partial charge in [-0.05, 0) is 51.7 Å². The number of hydrogen-bond acceptors (Lipinski definition) is 4. The highest BCUT2D eigenvalue weighted by Crippen LogP contribution is 2.22. The molecule has 2 unspecified atom stereocenters. The summed E-state index contributed by atoms with van der Waals surface area (Å²) in [6.45, 7) is 11.7. The molecule has 0 aliphatic carbocycles. The minimum Gasteiger partial charge on any atom is -0.368 e. The number of benzene rings is 1. The predicted octanol–water partition coefficient (Wildman–Crippen LogP) is 4.86. The SMILES string of the molecule is [B]CCCCC(NC(=O)CC(C)C)C(=O)N(c1ccccc1)C(C)CCOC(C)(C)C(=O)CC. The van der Waals surface area contributed by atoms with E-state index in [1.807, 2.05) is 58.0 Å². The highest BCUT2D eigenvalue weighted by molar-refractivity contribution is 6.08. The van der Waals surface area contributed by atoms with E-state index in [4.69, 9.17) is 12.6 Å². The summed E-state index contributed by atoms with van der Waals surface area (Å²) >= 11 is 0. The Kier molecular flexibility index (Phi) is 13.2. The fourth-order valence-electron chi connectivity index (χ4n) is 3.85. The van der Waals surface area contributed by atoms with Crippen LogP contribution in [0.4, 0.5) is 5.69 Å². The third-order valence-electron chi connectivity index (χ3n) is 5.88. The largest absolute Gasteiger partial charge is 0.368 e. The Labute approximate surface area is 207 Å². The number of para-hydroxylation sites is 1. The summed E-state index contributed by atoms with van der Waals surface area (Å²) in [5.74, 6) is -0.0131. The number of nitrogens with one attached hydrogen (secondary N) is 1. The van der Waals surface area contributed by atoms with Crippen molar-refractivity contribution in [3.63, 3.8) is 0 Å². The zero-order chi connectivity index (χ0) is 25.7. The molecule has 1 aromatic rings. The molecule has 188 valence electrons. The maximum absolute atomic E-state index is 13.8. The van der Waals surface area contributed by atoms with Crippen LogP contribution >= 0.6 is 0 Å². The lowest BCUT2D eigenvalue weighted by Crippen LogP contribution is -2.52. The van der Waals surface area contributed by atoms with Crippen LogP contribution < -0.4 is 10.2 Å². The molecule has 2 amide bonds. The Balaban J connectivity index is 3.07. The number of ether oxygens (including phenoxy) is 1. The number of Topliss-reactive ketones (excluding diaryl/α,β-unsaturated/α-hetero) is 1. The van der Waals surface area contributed by atoms with Crippen LogP contribution in [-0.4, -0.2) is 49.7 Å². The number of carbonyl (C=O) groups is 3. The summed E-state index contributed by atoms with van der Waals surface area (Å²) in [5.41, 5.74) is -0.0862. The Hall–Kier alpha value is -2.15. The molecule has 0 bridgehead atoms. The van der Waals surface area contributed by atoms with Crippen molar-refractivity contribution in [2.24, 2.45) is 5.92 Å². The van der Waals surface area contributed by atoms with Crippen LogP contribution in [0.5, 0.6) is 0 Å². The first-order chi connectivity index (χ1) is 16.0. The van der Waals surface area contributed by atoms with Gasteiger partial charge in [0.1, 0.15) is 11.6 Å². The molecule has 0 aromatic heterocycles. The average molecular weight is 470 g/mol. The molecule has 7 heteroatoms. The van der Waals surface area contributed by atoms with Crippen molar-refractivity contribution in [3.05, 3.63) is 30.3 Å². The molecule has 1 N–H and O–H groups in total. The average Bonchev–Trinajstić information content (AvgIpc) is 2.78. The maximum Gasteiger partial charge on any atom is 0.249 e. The molecule has 1 rings (SSSR count). The molecule has 0 fully saturated rings. The highest BCUT2D eigenvalue weighted by atomic mass is 16.5. The lowest BCUT2D eigenvalue weighted by Gasteiger charge is -2.34. The number of ketones is 1. The van der Waals surface area contributed by atoms with Crippen molar-refractivity contribution < 1.29 is 19.1 Å². The highest BCUT2D eigenvalue weighted by Gasteiger charge is 2.31. The lowest BCUT2D eigenvalue weighted by atomic mass is 9.97. The summed E-state index contributed by atoms with van der Waals surface area (Å²) in [6.07, 6.45) is 3.96. The smallest absolute Gasteiger partial charge is 0.249 e. The molecule has 1 aromatic carbocycles. The summed E-state index contributed by atoms with van der Waals surface area (Å²) in [7, 11) is 5.66. The van der Waals surface area contributed by atoms with Crippen LogP contribution in [0, 0.1) is 5.92 Å². The van der Waals surface area contributed by atoms with E-state index in [1.54, 1.807) is 18.7 Å². The Bertz CT molecular complexity index is 767. The van der Waals surface area contributed by atoms with E-state index in [-0.39, 0.29) is 29.6 Å². The van der Waals surface area contributed by atoms with Gasteiger partial charge in [0.05, 0.1) is 7.85 Å². The van der Waals surface area contributed by atoms with Gasteiger partial charge in [-0.2, -0.15) is 0 Å². The fourth-order valence-corrected chi connectivity index (χ4v) is 3.85. The maximum atomic E-state index is 13.8. The second-order valence-corrected chi connectivity index (χ2v) is 9.82. The second kappa shape index (κ2) is 15.0. The topological polar surface area (TPSA) is 75.7 Å². The summed E-state index contributed by atoms with van der Waals surface area (Å²) in [5, 5.41) is 2.97. The zero-order valence-corrected chi connectivity index (χ0v) is 21.9. The Morgan fingerprint density at radius 1 is 1.06 bits per heavy atom. The molecule has 0 aliphatic heterocycles. The number of carbonyl (C=O) groups excluding carboxylic acids is 3. The van der Waals surface area contributed by atoms with E-state index in [9.17, 15) is 14.4 Å². The standard InChI is InChI=1S/C27H43BN2O4/c1-7-24(31)27(5,6)34-18-16-21(4)30(22-13-9-8-10-14-22)26(33)23(15-11-12-17-28)29-25(32)19-20(2)3/h8-10,13-14,20-21,23H,7,11-12,15-19H2,1-6H3,(H,29,32). The number of hydrogen-bond donors (Lipinski definition) is 1. The second-order valence-electron chi connectivity index (χ2n) is 9.82. The fraction of sp³-hybridized carbons (Fsp3) is 0.667. The monoisotopic (exact) mass is 470 g/mol. The normalized spacial score (nSPS) is 13.4. The molecule has 34 heavy (non-hydrogen) atoms. The van der Waals surface area contributed by atoms with Gasteiger partial charge in [0.2, 0.25) is 11.8 Å². The van der Waals surface area contributed by atoms with Crippen LogP contribution in [0.15, 0.2) is 30.3 Å². The van der Waals surface area contributed by atoms with Crippen LogP contribution in [-0.2, 0) is 19.1 Å². The number of anilines is 1. The molecule has 0 spiro atoms. The van der Waals surface area contributed by atoms with E-state index in [1.165, 1.54) is 0 Å². The van der Waals surface area contributed by atoms with Crippen LogP contribution in [0.25, 0.3) is 0 Å². The summed E-state index contributed by atoms with van der Waals surface area (Å²) in [4.78, 5) is 40.2. The number of amides is 2. The van der Waals surface area contributed by atoms with Gasteiger partial charge < -0.3 is 15.0 Å². The van der Waals surface area contributed by atoms with Gasteiger partial charge in [-0.3, -0.25) is 14.4 Å². The van der Waals surface area contributed by atoms with Crippen LogP contribution in [0.2, 0.25) is 6.32 Å². The van der Waals surface area contributed by atoms with Gasteiger partial charge in [0.15, 0.2) is 5.78 Å². The van der Waals surface area contributed by atoms with Gasteiger partial charge >= 0.3 is 0 Å². The number of rotatable bonds is 16. The van der Waals surface area contributed by atoms with Crippen LogP contribution in [0.1, 0.15) is 80.1 Å². The first-order valence-corrected chi connectivity index (χ1v) is 12.6. The van der Waals surface area contributed by atoms with Crippen molar-refractivity contribution in [1.82, 2.24) is 5.32 Å². The number of unbranched alkanes of at least 4 members (excludes halogenated alkanes) is 1. The van der Waals surface area contributed by atoms with Crippen molar-refractivity contribution in [2.45, 2.75) is 104 Å². The molecule has 2 atom stereocenters. The van der Waals surface area contributed by atoms with Crippen molar-refractivity contribution >= 4 is 31.1 Å². The lowest BCUT2D eigenvalue weighted by molar-refractivity contribution is -0.140. The van der Waals surface area contributed by atoms with Gasteiger partial charge in [-0.1, -0.05) is 58.1 Å². The molecule has 0 aliphatic rings. The van der Waals surface area contributed by atoms with Crippen LogP contribution in [0.3, 0.4) is 0 Å². The van der Waals surface area contributed by atoms with Gasteiger partial charge in [0, 0.05) is 31.2 Å². The van der Waals surface area contributed by atoms with E-state index in [2.05, 4.69) is 5.32 Å². The minimum absolute atomic E-state index is 0.0453. The summed E-state index contributed by atoms with van der Waals surface area (Å²) in [6, 6.07) is 8.66. The first kappa shape index (κ1) is 29.9. The molecule has 0 saturated heterocycles. The molecule has 0 saturated carbocycles. The minimum atomic E-state index is -0.856. The Morgan fingerprint density at radius 2 is 1.71 bits per heavy atom. The third-order valence-corrected chi connectivity index (χ3v) is 5.88. The first-order valence-electron chi connectivity index (χ1n) is 12.6. The Morgan fingerprint density at radius 3 is 2.26 bits per heavy atom. The van der Waals surface area contributed by atoms with E-state index < -0.39 is 11.6 Å². The summed E-state index contributed by atoms with van der Waals surface area (Å²) < 4.78 is 5.90. The van der Waals surface area contributed by atoms with Crippen molar-refractivity contribution in [3.8, 4) is 0 Å².